The highest BCUT2D eigenvalue weighted by molar-refractivity contribution is 5.48. The van der Waals surface area contributed by atoms with Crippen LogP contribution in [0.5, 0.6) is 11.5 Å². The van der Waals surface area contributed by atoms with Crippen LogP contribution < -0.4 is 9.47 Å². The molecule has 0 amide bonds. The molecule has 1 atom stereocenters. The van der Waals surface area contributed by atoms with Gasteiger partial charge in [-0.1, -0.05) is 11.3 Å². The fourth-order valence-corrected chi connectivity index (χ4v) is 1.84. The van der Waals surface area contributed by atoms with Gasteiger partial charge in [0.25, 0.3) is 0 Å². The lowest BCUT2D eigenvalue weighted by atomic mass is 10.0. The Hall–Kier alpha value is -2.08. The molecule has 1 aromatic heterocycles. The second-order valence-corrected chi connectivity index (χ2v) is 3.76. The third kappa shape index (κ3) is 2.02. The molecule has 1 aromatic carbocycles. The van der Waals surface area contributed by atoms with Gasteiger partial charge in [-0.3, -0.25) is 0 Å². The number of benzene rings is 1. The van der Waals surface area contributed by atoms with Crippen molar-refractivity contribution in [2.45, 2.75) is 6.10 Å². The SMILES string of the molecule is COc1cccc(OC)c1C(O)c1cnnn1C. The number of aliphatic hydroxyl groups is 1. The van der Waals surface area contributed by atoms with Gasteiger partial charge in [-0.15, -0.1) is 5.10 Å². The molecule has 0 bridgehead atoms. The van der Waals surface area contributed by atoms with E-state index in [0.29, 0.717) is 22.8 Å². The molecule has 2 rings (SSSR count). The maximum absolute atomic E-state index is 10.4. The van der Waals surface area contributed by atoms with E-state index in [-0.39, 0.29) is 0 Å². The minimum absolute atomic E-state index is 0.558. The van der Waals surface area contributed by atoms with Crippen LogP contribution >= 0.6 is 0 Å². The zero-order valence-corrected chi connectivity index (χ0v) is 10.5. The smallest absolute Gasteiger partial charge is 0.129 e. The number of hydrogen-bond acceptors (Lipinski definition) is 5. The van der Waals surface area contributed by atoms with Gasteiger partial charge in [0, 0.05) is 7.05 Å². The van der Waals surface area contributed by atoms with E-state index < -0.39 is 6.10 Å². The number of nitrogens with zero attached hydrogens (tertiary/aromatic N) is 3. The molecular weight excluding hydrogens is 234 g/mol. The average molecular weight is 249 g/mol. The fourth-order valence-electron chi connectivity index (χ4n) is 1.84. The van der Waals surface area contributed by atoms with Crippen molar-refractivity contribution in [2.24, 2.45) is 7.05 Å². The summed E-state index contributed by atoms with van der Waals surface area (Å²) in [6.45, 7) is 0. The van der Waals surface area contributed by atoms with E-state index in [2.05, 4.69) is 10.3 Å². The Balaban J connectivity index is 2.52. The van der Waals surface area contributed by atoms with Crippen molar-refractivity contribution in [1.82, 2.24) is 15.0 Å². The van der Waals surface area contributed by atoms with Gasteiger partial charge >= 0.3 is 0 Å². The molecule has 2 aromatic rings. The summed E-state index contributed by atoms with van der Waals surface area (Å²) in [6.07, 6.45) is 0.604. The van der Waals surface area contributed by atoms with Crippen molar-refractivity contribution >= 4 is 0 Å². The van der Waals surface area contributed by atoms with Gasteiger partial charge in [0.1, 0.15) is 17.6 Å². The Morgan fingerprint density at radius 1 is 1.22 bits per heavy atom. The Morgan fingerprint density at radius 3 is 2.28 bits per heavy atom. The lowest BCUT2D eigenvalue weighted by Gasteiger charge is -2.17. The predicted octanol–water partition coefficient (Wildman–Crippen LogP) is 0.914. The molecule has 6 nitrogen and oxygen atoms in total. The Bertz CT molecular complexity index is 517. The zero-order chi connectivity index (χ0) is 13.1. The summed E-state index contributed by atoms with van der Waals surface area (Å²) >= 11 is 0. The first-order valence-electron chi connectivity index (χ1n) is 5.42. The highest BCUT2D eigenvalue weighted by Gasteiger charge is 2.23. The lowest BCUT2D eigenvalue weighted by molar-refractivity contribution is 0.199. The first-order chi connectivity index (χ1) is 8.69. The molecule has 1 N–H and O–H groups in total. The van der Waals surface area contributed by atoms with E-state index >= 15 is 0 Å². The Morgan fingerprint density at radius 2 is 1.83 bits per heavy atom. The van der Waals surface area contributed by atoms with Crippen LogP contribution in [0.4, 0.5) is 0 Å². The van der Waals surface area contributed by atoms with Crippen molar-refractivity contribution in [3.8, 4) is 11.5 Å². The molecule has 96 valence electrons. The van der Waals surface area contributed by atoms with Gasteiger partial charge in [-0.25, -0.2) is 4.68 Å². The number of aromatic nitrogens is 3. The Labute approximate surface area is 105 Å². The first-order valence-corrected chi connectivity index (χ1v) is 5.42. The lowest BCUT2D eigenvalue weighted by Crippen LogP contribution is -2.09. The number of methoxy groups -OCH3 is 2. The first kappa shape index (κ1) is 12.4. The van der Waals surface area contributed by atoms with Gasteiger partial charge in [0.15, 0.2) is 0 Å². The van der Waals surface area contributed by atoms with Gasteiger partial charge in [-0.05, 0) is 12.1 Å². The standard InChI is InChI=1S/C12H15N3O3/c1-15-8(7-13-14-15)12(16)11-9(17-2)5-4-6-10(11)18-3/h4-7,12,16H,1-3H3. The maximum atomic E-state index is 10.4. The molecule has 0 radical (unpaired) electrons. The quantitative estimate of drug-likeness (QED) is 0.872. The number of rotatable bonds is 4. The molecule has 0 aliphatic rings. The van der Waals surface area contributed by atoms with Crippen molar-refractivity contribution in [2.75, 3.05) is 14.2 Å². The van der Waals surface area contributed by atoms with Crippen LogP contribution in [0.15, 0.2) is 24.4 Å². The minimum atomic E-state index is -0.906. The average Bonchev–Trinajstić information content (AvgIpc) is 2.83. The summed E-state index contributed by atoms with van der Waals surface area (Å²) in [4.78, 5) is 0. The minimum Gasteiger partial charge on any atom is -0.496 e. The summed E-state index contributed by atoms with van der Waals surface area (Å²) in [5.74, 6) is 1.12. The third-order valence-electron chi connectivity index (χ3n) is 2.77. The van der Waals surface area contributed by atoms with Crippen LogP contribution in [0.2, 0.25) is 0 Å². The monoisotopic (exact) mass is 249 g/mol. The second-order valence-electron chi connectivity index (χ2n) is 3.76. The van der Waals surface area contributed by atoms with E-state index in [0.717, 1.165) is 0 Å². The topological polar surface area (TPSA) is 69.4 Å². The fraction of sp³-hybridized carbons (Fsp3) is 0.333. The van der Waals surface area contributed by atoms with Gasteiger partial charge in [0.2, 0.25) is 0 Å². The number of hydrogen-bond donors (Lipinski definition) is 1. The summed E-state index contributed by atoms with van der Waals surface area (Å²) in [7, 11) is 4.81. The second kappa shape index (κ2) is 5.05. The molecule has 6 heteroatoms. The summed E-state index contributed by atoms with van der Waals surface area (Å²) in [5, 5.41) is 18.0. The van der Waals surface area contributed by atoms with Crippen molar-refractivity contribution in [3.05, 3.63) is 35.7 Å². The van der Waals surface area contributed by atoms with Crippen molar-refractivity contribution in [1.29, 1.82) is 0 Å². The summed E-state index contributed by atoms with van der Waals surface area (Å²) in [6, 6.07) is 5.34. The molecule has 0 spiro atoms. The highest BCUT2D eigenvalue weighted by Crippen LogP contribution is 2.36. The molecule has 0 aliphatic carbocycles. The Kier molecular flexibility index (Phi) is 3.47. The van der Waals surface area contributed by atoms with Crippen LogP contribution in [0.1, 0.15) is 17.4 Å². The predicted molar refractivity (Wildman–Crippen MR) is 64.6 cm³/mol. The van der Waals surface area contributed by atoms with E-state index in [9.17, 15) is 5.11 Å². The van der Waals surface area contributed by atoms with Crippen LogP contribution in [-0.4, -0.2) is 34.3 Å². The van der Waals surface area contributed by atoms with Crippen LogP contribution in [0.25, 0.3) is 0 Å². The van der Waals surface area contributed by atoms with E-state index in [4.69, 9.17) is 9.47 Å². The van der Waals surface area contributed by atoms with Crippen LogP contribution in [-0.2, 0) is 7.05 Å². The molecule has 1 heterocycles. The van der Waals surface area contributed by atoms with E-state index in [1.807, 2.05) is 0 Å². The molecule has 0 saturated heterocycles. The van der Waals surface area contributed by atoms with E-state index in [1.165, 1.54) is 10.9 Å². The van der Waals surface area contributed by atoms with E-state index in [1.54, 1.807) is 39.5 Å². The third-order valence-corrected chi connectivity index (χ3v) is 2.77. The highest BCUT2D eigenvalue weighted by atomic mass is 16.5. The zero-order valence-electron chi connectivity index (χ0n) is 10.5. The number of aliphatic hydroxyl groups excluding tert-OH is 1. The largest absolute Gasteiger partial charge is 0.496 e. The summed E-state index contributed by atoms with van der Waals surface area (Å²) in [5.41, 5.74) is 1.13. The van der Waals surface area contributed by atoms with Crippen molar-refractivity contribution in [3.63, 3.8) is 0 Å². The molecule has 0 fully saturated rings. The molecule has 0 aliphatic heterocycles. The molecule has 0 saturated carbocycles. The number of aryl methyl sites for hydroxylation is 1. The van der Waals surface area contributed by atoms with Crippen LogP contribution in [0.3, 0.4) is 0 Å². The molecule has 1 unspecified atom stereocenters. The van der Waals surface area contributed by atoms with Crippen LogP contribution in [0, 0.1) is 0 Å². The molecule has 18 heavy (non-hydrogen) atoms. The van der Waals surface area contributed by atoms with Gasteiger partial charge < -0.3 is 14.6 Å². The van der Waals surface area contributed by atoms with Crippen molar-refractivity contribution < 1.29 is 14.6 Å². The normalized spacial score (nSPS) is 12.2. The van der Waals surface area contributed by atoms with Gasteiger partial charge in [0.05, 0.1) is 31.7 Å². The molecular formula is C12H15N3O3. The maximum Gasteiger partial charge on any atom is 0.129 e. The summed E-state index contributed by atoms with van der Waals surface area (Å²) < 4.78 is 12.0. The number of ether oxygens (including phenoxy) is 2. The van der Waals surface area contributed by atoms with Gasteiger partial charge in [-0.2, -0.15) is 0 Å².